The van der Waals surface area contributed by atoms with Gasteiger partial charge in [0.25, 0.3) is 5.91 Å². The first kappa shape index (κ1) is 14.2. The third kappa shape index (κ3) is 2.81. The van der Waals surface area contributed by atoms with E-state index in [1.807, 2.05) is 24.3 Å². The SMILES string of the molecule is CC(C)(C)c1ccc(NC(=O)c2ccc3nnnn3c2)cc1. The molecule has 6 heteroatoms. The number of carbonyl (C=O) groups excluding carboxylic acids is 1. The predicted octanol–water partition coefficient (Wildman–Crippen LogP) is 2.67. The number of fused-ring (bicyclic) bond motifs is 1. The number of pyridine rings is 1. The van der Waals surface area contributed by atoms with Crippen LogP contribution in [0.25, 0.3) is 5.65 Å². The fourth-order valence-electron chi connectivity index (χ4n) is 2.13. The average Bonchev–Trinajstić information content (AvgIpc) is 2.94. The molecule has 0 spiro atoms. The number of anilines is 1. The first-order chi connectivity index (χ1) is 10.4. The summed E-state index contributed by atoms with van der Waals surface area (Å²) in [6, 6.07) is 11.3. The van der Waals surface area contributed by atoms with Crippen molar-refractivity contribution in [2.45, 2.75) is 26.2 Å². The van der Waals surface area contributed by atoms with Gasteiger partial charge in [-0.25, -0.2) is 0 Å². The van der Waals surface area contributed by atoms with Gasteiger partial charge in [-0.05, 0) is 45.7 Å². The molecule has 3 aromatic rings. The number of rotatable bonds is 2. The fourth-order valence-corrected chi connectivity index (χ4v) is 2.13. The first-order valence-electron chi connectivity index (χ1n) is 7.03. The zero-order valence-electron chi connectivity index (χ0n) is 12.7. The summed E-state index contributed by atoms with van der Waals surface area (Å²) in [5.74, 6) is -0.194. The molecule has 1 aromatic carbocycles. The summed E-state index contributed by atoms with van der Waals surface area (Å²) < 4.78 is 1.47. The standard InChI is InChI=1S/C16H17N5O/c1-16(2,3)12-5-7-13(8-6-12)17-15(22)11-4-9-14-18-19-20-21(14)10-11/h4-10H,1-3H3,(H,17,22). The monoisotopic (exact) mass is 295 g/mol. The normalized spacial score (nSPS) is 11.6. The second-order valence-electron chi connectivity index (χ2n) is 6.18. The van der Waals surface area contributed by atoms with E-state index in [2.05, 4.69) is 41.6 Å². The minimum atomic E-state index is -0.194. The highest BCUT2D eigenvalue weighted by Crippen LogP contribution is 2.23. The Morgan fingerprint density at radius 3 is 2.50 bits per heavy atom. The lowest BCUT2D eigenvalue weighted by Crippen LogP contribution is -2.14. The number of hydrogen-bond acceptors (Lipinski definition) is 4. The van der Waals surface area contributed by atoms with Crippen molar-refractivity contribution in [1.82, 2.24) is 20.0 Å². The maximum Gasteiger partial charge on any atom is 0.257 e. The van der Waals surface area contributed by atoms with Gasteiger partial charge < -0.3 is 5.32 Å². The number of nitrogens with zero attached hydrogens (tertiary/aromatic N) is 4. The van der Waals surface area contributed by atoms with Crippen molar-refractivity contribution in [3.8, 4) is 0 Å². The molecule has 112 valence electrons. The largest absolute Gasteiger partial charge is 0.322 e. The van der Waals surface area contributed by atoms with Crippen LogP contribution in [0.15, 0.2) is 42.6 Å². The summed E-state index contributed by atoms with van der Waals surface area (Å²) >= 11 is 0. The number of amides is 1. The quantitative estimate of drug-likeness (QED) is 0.789. The van der Waals surface area contributed by atoms with Crippen molar-refractivity contribution in [3.63, 3.8) is 0 Å². The molecule has 0 fully saturated rings. The van der Waals surface area contributed by atoms with E-state index in [0.29, 0.717) is 11.2 Å². The Morgan fingerprint density at radius 1 is 1.09 bits per heavy atom. The zero-order valence-corrected chi connectivity index (χ0v) is 12.7. The first-order valence-corrected chi connectivity index (χ1v) is 7.03. The molecule has 6 nitrogen and oxygen atoms in total. The molecule has 22 heavy (non-hydrogen) atoms. The van der Waals surface area contributed by atoms with E-state index in [-0.39, 0.29) is 11.3 Å². The number of nitrogens with one attached hydrogen (secondary N) is 1. The minimum absolute atomic E-state index is 0.0909. The maximum absolute atomic E-state index is 12.3. The maximum atomic E-state index is 12.3. The van der Waals surface area contributed by atoms with E-state index in [4.69, 9.17) is 0 Å². The number of benzene rings is 1. The van der Waals surface area contributed by atoms with Gasteiger partial charge in [0.15, 0.2) is 5.65 Å². The van der Waals surface area contributed by atoms with Crippen LogP contribution < -0.4 is 5.32 Å². The van der Waals surface area contributed by atoms with Crippen LogP contribution >= 0.6 is 0 Å². The number of hydrogen-bond donors (Lipinski definition) is 1. The van der Waals surface area contributed by atoms with Crippen LogP contribution in [-0.4, -0.2) is 25.9 Å². The minimum Gasteiger partial charge on any atom is -0.322 e. The summed E-state index contributed by atoms with van der Waals surface area (Å²) in [6.45, 7) is 6.46. The van der Waals surface area contributed by atoms with Crippen LogP contribution in [-0.2, 0) is 5.41 Å². The molecule has 0 saturated heterocycles. The molecule has 2 heterocycles. The van der Waals surface area contributed by atoms with E-state index in [9.17, 15) is 4.79 Å². The molecule has 0 saturated carbocycles. The van der Waals surface area contributed by atoms with E-state index in [1.165, 1.54) is 10.1 Å². The van der Waals surface area contributed by atoms with Gasteiger partial charge in [-0.2, -0.15) is 4.52 Å². The molecule has 2 aromatic heterocycles. The second-order valence-corrected chi connectivity index (χ2v) is 6.18. The Labute approximate surface area is 128 Å². The van der Waals surface area contributed by atoms with Gasteiger partial charge in [-0.3, -0.25) is 4.79 Å². The van der Waals surface area contributed by atoms with Gasteiger partial charge in [0.2, 0.25) is 0 Å². The van der Waals surface area contributed by atoms with Crippen molar-refractivity contribution in [3.05, 3.63) is 53.7 Å². The summed E-state index contributed by atoms with van der Waals surface area (Å²) in [6.07, 6.45) is 1.61. The van der Waals surface area contributed by atoms with E-state index in [1.54, 1.807) is 18.3 Å². The molecule has 0 aliphatic heterocycles. The van der Waals surface area contributed by atoms with E-state index >= 15 is 0 Å². The third-order valence-corrected chi connectivity index (χ3v) is 3.46. The molecule has 1 N–H and O–H groups in total. The molecule has 0 unspecified atom stereocenters. The molecule has 3 rings (SSSR count). The summed E-state index contributed by atoms with van der Waals surface area (Å²) in [5, 5.41) is 14.0. The summed E-state index contributed by atoms with van der Waals surface area (Å²) in [4.78, 5) is 12.3. The van der Waals surface area contributed by atoms with Crippen molar-refractivity contribution in [2.24, 2.45) is 0 Å². The van der Waals surface area contributed by atoms with Crippen LogP contribution in [0, 0.1) is 0 Å². The van der Waals surface area contributed by atoms with Gasteiger partial charge in [-0.15, -0.1) is 5.10 Å². The highest BCUT2D eigenvalue weighted by Gasteiger charge is 2.13. The molecular weight excluding hydrogens is 278 g/mol. The lowest BCUT2D eigenvalue weighted by atomic mass is 9.87. The Hall–Kier alpha value is -2.76. The van der Waals surface area contributed by atoms with Crippen molar-refractivity contribution in [2.75, 3.05) is 5.32 Å². The summed E-state index contributed by atoms with van der Waals surface area (Å²) in [7, 11) is 0. The van der Waals surface area contributed by atoms with Crippen LogP contribution in [0.2, 0.25) is 0 Å². The number of carbonyl (C=O) groups is 1. The van der Waals surface area contributed by atoms with Crippen LogP contribution in [0.3, 0.4) is 0 Å². The van der Waals surface area contributed by atoms with Gasteiger partial charge in [-0.1, -0.05) is 32.9 Å². The topological polar surface area (TPSA) is 72.2 Å². The van der Waals surface area contributed by atoms with Crippen molar-refractivity contribution >= 4 is 17.2 Å². The van der Waals surface area contributed by atoms with Gasteiger partial charge in [0, 0.05) is 11.9 Å². The second kappa shape index (κ2) is 5.22. The molecule has 0 atom stereocenters. The molecule has 0 aliphatic rings. The third-order valence-electron chi connectivity index (χ3n) is 3.46. The van der Waals surface area contributed by atoms with Crippen LogP contribution in [0.1, 0.15) is 36.7 Å². The Balaban J connectivity index is 1.78. The molecule has 0 radical (unpaired) electrons. The van der Waals surface area contributed by atoms with Crippen molar-refractivity contribution < 1.29 is 4.79 Å². The number of aromatic nitrogens is 4. The molecule has 1 amide bonds. The zero-order chi connectivity index (χ0) is 15.7. The smallest absolute Gasteiger partial charge is 0.257 e. The lowest BCUT2D eigenvalue weighted by molar-refractivity contribution is 0.102. The van der Waals surface area contributed by atoms with E-state index in [0.717, 1.165) is 5.69 Å². The molecular formula is C16H17N5O. The molecule has 0 aliphatic carbocycles. The van der Waals surface area contributed by atoms with Crippen LogP contribution in [0.5, 0.6) is 0 Å². The molecule has 0 bridgehead atoms. The van der Waals surface area contributed by atoms with Crippen molar-refractivity contribution in [1.29, 1.82) is 0 Å². The van der Waals surface area contributed by atoms with Gasteiger partial charge >= 0.3 is 0 Å². The number of tetrazole rings is 1. The average molecular weight is 295 g/mol. The summed E-state index contributed by atoms with van der Waals surface area (Å²) in [5.41, 5.74) is 3.18. The predicted molar refractivity (Wildman–Crippen MR) is 83.9 cm³/mol. The Bertz CT molecular complexity index is 814. The Morgan fingerprint density at radius 2 is 1.82 bits per heavy atom. The van der Waals surface area contributed by atoms with Gasteiger partial charge in [0.05, 0.1) is 5.56 Å². The Kier molecular flexibility index (Phi) is 3.36. The lowest BCUT2D eigenvalue weighted by Gasteiger charge is -2.19. The van der Waals surface area contributed by atoms with E-state index < -0.39 is 0 Å². The fraction of sp³-hybridized carbons (Fsp3) is 0.250. The van der Waals surface area contributed by atoms with Gasteiger partial charge in [0.1, 0.15) is 0 Å². The highest BCUT2D eigenvalue weighted by molar-refractivity contribution is 6.04. The highest BCUT2D eigenvalue weighted by atomic mass is 16.1. The van der Waals surface area contributed by atoms with Crippen LogP contribution in [0.4, 0.5) is 5.69 Å².